The summed E-state index contributed by atoms with van der Waals surface area (Å²) in [7, 11) is 1.86. The molecule has 6 nitrogen and oxygen atoms in total. The smallest absolute Gasteiger partial charge is 0.225 e. The van der Waals surface area contributed by atoms with Gasteiger partial charge in [-0.05, 0) is 33.0 Å². The van der Waals surface area contributed by atoms with Gasteiger partial charge in [0.25, 0.3) is 0 Å². The Morgan fingerprint density at radius 2 is 2.04 bits per heavy atom. The summed E-state index contributed by atoms with van der Waals surface area (Å²) in [6.45, 7) is 7.08. The molecule has 0 spiro atoms. The van der Waals surface area contributed by atoms with E-state index in [2.05, 4.69) is 22.5 Å². The maximum absolute atomic E-state index is 12.1. The van der Waals surface area contributed by atoms with Crippen molar-refractivity contribution >= 4 is 36.6 Å². The molecule has 8 heteroatoms. The van der Waals surface area contributed by atoms with Crippen LogP contribution in [0.1, 0.15) is 26.2 Å². The van der Waals surface area contributed by atoms with Crippen LogP contribution in [0.15, 0.2) is 0 Å². The summed E-state index contributed by atoms with van der Waals surface area (Å²) in [5, 5.41) is 5.88. The molecule has 2 unspecified atom stereocenters. The summed E-state index contributed by atoms with van der Waals surface area (Å²) in [5.74, 6) is -0.0302. The SMILES string of the molecule is CCN1CCCC1CN1CC(C(=O)NCCNC)CC1=O.Cl.Cl. The highest BCUT2D eigenvalue weighted by Crippen LogP contribution is 2.23. The third-order valence-electron chi connectivity index (χ3n) is 4.60. The highest BCUT2D eigenvalue weighted by molar-refractivity contribution is 5.89. The first kappa shape index (κ1) is 22.4. The lowest BCUT2D eigenvalue weighted by atomic mass is 10.1. The minimum Gasteiger partial charge on any atom is -0.355 e. The molecule has 0 aromatic rings. The van der Waals surface area contributed by atoms with Crippen LogP contribution in [0.2, 0.25) is 0 Å². The Labute approximate surface area is 151 Å². The fraction of sp³-hybridized carbons (Fsp3) is 0.867. The number of amides is 2. The zero-order chi connectivity index (χ0) is 15.2. The van der Waals surface area contributed by atoms with Crippen molar-refractivity contribution in [1.29, 1.82) is 0 Å². The first-order valence-corrected chi connectivity index (χ1v) is 8.09. The number of hydrogen-bond donors (Lipinski definition) is 2. The Morgan fingerprint density at radius 1 is 1.30 bits per heavy atom. The average molecular weight is 369 g/mol. The lowest BCUT2D eigenvalue weighted by Crippen LogP contribution is -2.41. The molecule has 2 atom stereocenters. The third kappa shape index (κ3) is 6.10. The van der Waals surface area contributed by atoms with Crippen molar-refractivity contribution in [3.8, 4) is 0 Å². The van der Waals surface area contributed by atoms with Gasteiger partial charge in [0.1, 0.15) is 0 Å². The molecule has 0 saturated carbocycles. The first-order chi connectivity index (χ1) is 10.2. The van der Waals surface area contributed by atoms with Gasteiger partial charge in [-0.3, -0.25) is 14.5 Å². The molecule has 2 N–H and O–H groups in total. The third-order valence-corrected chi connectivity index (χ3v) is 4.60. The molecule has 2 heterocycles. The monoisotopic (exact) mass is 368 g/mol. The number of nitrogens with one attached hydrogen (secondary N) is 2. The van der Waals surface area contributed by atoms with Crippen LogP contribution >= 0.6 is 24.8 Å². The van der Waals surface area contributed by atoms with E-state index < -0.39 is 0 Å². The molecule has 23 heavy (non-hydrogen) atoms. The molecule has 2 amide bonds. The Bertz CT molecular complexity index is 384. The minimum atomic E-state index is -0.175. The van der Waals surface area contributed by atoms with Crippen LogP contribution in [0, 0.1) is 5.92 Å². The lowest BCUT2D eigenvalue weighted by molar-refractivity contribution is -0.129. The van der Waals surface area contributed by atoms with Gasteiger partial charge in [0, 0.05) is 38.6 Å². The van der Waals surface area contributed by atoms with Crippen LogP contribution in [0.3, 0.4) is 0 Å². The Morgan fingerprint density at radius 3 is 2.70 bits per heavy atom. The molecule has 2 rings (SSSR count). The van der Waals surface area contributed by atoms with Crippen LogP contribution in [0.5, 0.6) is 0 Å². The van der Waals surface area contributed by atoms with Crippen LogP contribution in [-0.2, 0) is 9.59 Å². The van der Waals surface area contributed by atoms with E-state index in [9.17, 15) is 9.59 Å². The highest BCUT2D eigenvalue weighted by Gasteiger charge is 2.36. The van der Waals surface area contributed by atoms with Crippen molar-refractivity contribution in [2.24, 2.45) is 5.92 Å². The molecular formula is C15H30Cl2N4O2. The maximum Gasteiger partial charge on any atom is 0.225 e. The van der Waals surface area contributed by atoms with Gasteiger partial charge in [-0.15, -0.1) is 24.8 Å². The molecule has 0 aromatic carbocycles. The van der Waals surface area contributed by atoms with Gasteiger partial charge < -0.3 is 15.5 Å². The predicted molar refractivity (Wildman–Crippen MR) is 96.4 cm³/mol. The number of halogens is 2. The average Bonchev–Trinajstić information content (AvgIpc) is 3.06. The lowest BCUT2D eigenvalue weighted by Gasteiger charge is -2.27. The van der Waals surface area contributed by atoms with E-state index in [0.717, 1.165) is 32.6 Å². The summed E-state index contributed by atoms with van der Waals surface area (Å²) in [6.07, 6.45) is 2.75. The van der Waals surface area contributed by atoms with Gasteiger partial charge in [0.2, 0.25) is 11.8 Å². The number of hydrogen-bond acceptors (Lipinski definition) is 4. The molecule has 0 bridgehead atoms. The molecule has 2 aliphatic heterocycles. The Kier molecular flexibility index (Phi) is 10.8. The summed E-state index contributed by atoms with van der Waals surface area (Å²) >= 11 is 0. The second-order valence-corrected chi connectivity index (χ2v) is 6.02. The number of likely N-dealkylation sites (tertiary alicyclic amines) is 2. The topological polar surface area (TPSA) is 64.7 Å². The molecule has 0 aromatic heterocycles. The van der Waals surface area contributed by atoms with Gasteiger partial charge in [0.05, 0.1) is 5.92 Å². The van der Waals surface area contributed by atoms with Gasteiger partial charge in [0.15, 0.2) is 0 Å². The van der Waals surface area contributed by atoms with Gasteiger partial charge in [-0.2, -0.15) is 0 Å². The maximum atomic E-state index is 12.1. The second-order valence-electron chi connectivity index (χ2n) is 6.02. The fourth-order valence-corrected chi connectivity index (χ4v) is 3.35. The van der Waals surface area contributed by atoms with E-state index in [-0.39, 0.29) is 42.5 Å². The summed E-state index contributed by atoms with van der Waals surface area (Å²) in [5.41, 5.74) is 0. The van der Waals surface area contributed by atoms with E-state index in [1.54, 1.807) is 0 Å². The number of carbonyl (C=O) groups is 2. The van der Waals surface area contributed by atoms with Crippen molar-refractivity contribution in [2.45, 2.75) is 32.2 Å². The second kappa shape index (κ2) is 11.1. The van der Waals surface area contributed by atoms with E-state index >= 15 is 0 Å². The quantitative estimate of drug-likeness (QED) is 0.642. The normalized spacial score (nSPS) is 24.3. The zero-order valence-electron chi connectivity index (χ0n) is 14.0. The highest BCUT2D eigenvalue weighted by atomic mass is 35.5. The van der Waals surface area contributed by atoms with E-state index in [1.165, 1.54) is 6.42 Å². The van der Waals surface area contributed by atoms with Crippen molar-refractivity contribution in [1.82, 2.24) is 20.4 Å². The van der Waals surface area contributed by atoms with E-state index in [4.69, 9.17) is 0 Å². The Hall–Kier alpha value is -0.560. The van der Waals surface area contributed by atoms with E-state index in [1.807, 2.05) is 11.9 Å². The molecule has 0 radical (unpaired) electrons. The summed E-state index contributed by atoms with van der Waals surface area (Å²) in [6, 6.07) is 0.477. The van der Waals surface area contributed by atoms with E-state index in [0.29, 0.717) is 25.6 Å². The standard InChI is InChI=1S/C15H28N4O2.2ClH/c1-3-18-8-4-5-13(18)11-19-10-12(9-14(19)20)15(21)17-7-6-16-2;;/h12-13,16H,3-11H2,1-2H3,(H,17,21);2*1H. The van der Waals surface area contributed by atoms with Gasteiger partial charge >= 0.3 is 0 Å². The number of likely N-dealkylation sites (N-methyl/N-ethyl adjacent to an activating group) is 2. The van der Waals surface area contributed by atoms with Crippen LogP contribution < -0.4 is 10.6 Å². The van der Waals surface area contributed by atoms with Gasteiger partial charge in [-0.25, -0.2) is 0 Å². The number of rotatable bonds is 7. The Balaban J connectivity index is 0.00000242. The molecule has 2 aliphatic rings. The van der Waals surface area contributed by atoms with Gasteiger partial charge in [-0.1, -0.05) is 6.92 Å². The summed E-state index contributed by atoms with van der Waals surface area (Å²) in [4.78, 5) is 28.5. The van der Waals surface area contributed by atoms with Crippen molar-refractivity contribution in [3.05, 3.63) is 0 Å². The van der Waals surface area contributed by atoms with Crippen molar-refractivity contribution in [2.75, 3.05) is 46.3 Å². The predicted octanol–water partition coefficient (Wildman–Crippen LogP) is 0.498. The first-order valence-electron chi connectivity index (χ1n) is 8.09. The van der Waals surface area contributed by atoms with Crippen LogP contribution in [0.4, 0.5) is 0 Å². The van der Waals surface area contributed by atoms with Crippen molar-refractivity contribution in [3.63, 3.8) is 0 Å². The minimum absolute atomic E-state index is 0. The number of nitrogens with zero attached hydrogens (tertiary/aromatic N) is 2. The zero-order valence-corrected chi connectivity index (χ0v) is 15.7. The molecular weight excluding hydrogens is 339 g/mol. The summed E-state index contributed by atoms with van der Waals surface area (Å²) < 4.78 is 0. The molecule has 2 saturated heterocycles. The van der Waals surface area contributed by atoms with Crippen LogP contribution in [0.25, 0.3) is 0 Å². The number of carbonyl (C=O) groups excluding carboxylic acids is 2. The molecule has 0 aliphatic carbocycles. The molecule has 136 valence electrons. The van der Waals surface area contributed by atoms with Crippen LogP contribution in [-0.4, -0.2) is 74.0 Å². The fourth-order valence-electron chi connectivity index (χ4n) is 3.35. The molecule has 2 fully saturated rings. The largest absolute Gasteiger partial charge is 0.355 e. The van der Waals surface area contributed by atoms with Crippen molar-refractivity contribution < 1.29 is 9.59 Å².